The van der Waals surface area contributed by atoms with Crippen LogP contribution in [0.4, 0.5) is 13.2 Å². The Bertz CT molecular complexity index is 1110. The fourth-order valence-corrected chi connectivity index (χ4v) is 3.60. The lowest BCUT2D eigenvalue weighted by Crippen LogP contribution is -2.32. The normalized spacial score (nSPS) is 12.7. The SMILES string of the molecule is CCS(=O)(=O)c1ccc[n+]([O-])c1-c1nc2cc(C(F)(F)F)cnc2n1C. The molecule has 0 unspecified atom stereocenters. The Hall–Kier alpha value is -2.69. The average Bonchev–Trinajstić information content (AvgIpc) is 2.90. The van der Waals surface area contributed by atoms with Gasteiger partial charge in [0.1, 0.15) is 10.4 Å². The Labute approximate surface area is 146 Å². The average molecular weight is 386 g/mol. The molecular weight excluding hydrogens is 373 g/mol. The van der Waals surface area contributed by atoms with Crippen LogP contribution in [0.25, 0.3) is 22.7 Å². The molecule has 0 aromatic carbocycles. The first-order valence-electron chi connectivity index (χ1n) is 7.41. The molecule has 11 heteroatoms. The summed E-state index contributed by atoms with van der Waals surface area (Å²) in [7, 11) is -2.31. The van der Waals surface area contributed by atoms with Crippen LogP contribution in [-0.2, 0) is 23.1 Å². The summed E-state index contributed by atoms with van der Waals surface area (Å²) in [6.07, 6.45) is -2.84. The van der Waals surface area contributed by atoms with E-state index in [0.717, 1.165) is 12.3 Å². The van der Waals surface area contributed by atoms with Crippen molar-refractivity contribution in [1.29, 1.82) is 0 Å². The molecular formula is C15H13F3N4O3S. The Balaban J connectivity index is 2.32. The minimum absolute atomic E-state index is 0.0885. The first-order chi connectivity index (χ1) is 12.1. The largest absolute Gasteiger partial charge is 0.618 e. The van der Waals surface area contributed by atoms with Gasteiger partial charge in [-0.3, -0.25) is 0 Å². The van der Waals surface area contributed by atoms with Crippen molar-refractivity contribution in [3.8, 4) is 11.5 Å². The zero-order valence-electron chi connectivity index (χ0n) is 13.6. The Morgan fingerprint density at radius 2 is 2.04 bits per heavy atom. The van der Waals surface area contributed by atoms with Gasteiger partial charge in [-0.2, -0.15) is 17.9 Å². The number of alkyl halides is 3. The van der Waals surface area contributed by atoms with Crippen LogP contribution in [0.3, 0.4) is 0 Å². The van der Waals surface area contributed by atoms with Crippen molar-refractivity contribution in [3.05, 3.63) is 41.4 Å². The van der Waals surface area contributed by atoms with Crippen molar-refractivity contribution >= 4 is 21.0 Å². The Morgan fingerprint density at radius 1 is 1.35 bits per heavy atom. The number of sulfone groups is 1. The molecule has 0 spiro atoms. The number of nitrogens with zero attached hydrogens (tertiary/aromatic N) is 4. The summed E-state index contributed by atoms with van der Waals surface area (Å²) in [5.41, 5.74) is -1.25. The zero-order valence-corrected chi connectivity index (χ0v) is 14.5. The maximum atomic E-state index is 12.9. The summed E-state index contributed by atoms with van der Waals surface area (Å²) in [5, 5.41) is 12.3. The molecule has 0 radical (unpaired) electrons. The second-order valence-corrected chi connectivity index (χ2v) is 7.76. The molecule has 3 rings (SSSR count). The van der Waals surface area contributed by atoms with Crippen LogP contribution in [0.15, 0.2) is 35.5 Å². The van der Waals surface area contributed by atoms with Crippen LogP contribution >= 0.6 is 0 Å². The van der Waals surface area contributed by atoms with Gasteiger partial charge in [0.25, 0.3) is 5.69 Å². The van der Waals surface area contributed by atoms with Crippen molar-refractivity contribution in [2.75, 3.05) is 5.75 Å². The molecule has 0 aliphatic rings. The van der Waals surface area contributed by atoms with Gasteiger partial charge in [-0.05, 0) is 12.1 Å². The molecule has 0 aliphatic heterocycles. The topological polar surface area (TPSA) is 91.8 Å². The number of aromatic nitrogens is 4. The summed E-state index contributed by atoms with van der Waals surface area (Å²) < 4.78 is 64.8. The number of hydrogen-bond acceptors (Lipinski definition) is 5. The van der Waals surface area contributed by atoms with Gasteiger partial charge in [-0.25, -0.2) is 18.4 Å². The molecule has 0 saturated carbocycles. The van der Waals surface area contributed by atoms with E-state index in [4.69, 9.17) is 0 Å². The third-order valence-electron chi connectivity index (χ3n) is 3.89. The molecule has 7 nitrogen and oxygen atoms in total. The molecule has 0 bridgehead atoms. The number of rotatable bonds is 3. The van der Waals surface area contributed by atoms with Gasteiger partial charge >= 0.3 is 6.18 Å². The van der Waals surface area contributed by atoms with Gasteiger partial charge in [-0.1, -0.05) is 6.92 Å². The lowest BCUT2D eigenvalue weighted by molar-refractivity contribution is -0.595. The number of imidazole rings is 1. The van der Waals surface area contributed by atoms with Crippen molar-refractivity contribution in [2.24, 2.45) is 7.05 Å². The molecule has 0 N–H and O–H groups in total. The van der Waals surface area contributed by atoms with Gasteiger partial charge in [0.15, 0.2) is 21.7 Å². The van der Waals surface area contributed by atoms with E-state index >= 15 is 0 Å². The van der Waals surface area contributed by atoms with Crippen LogP contribution in [0.2, 0.25) is 0 Å². The molecule has 3 aromatic heterocycles. The molecule has 0 saturated heterocycles. The molecule has 138 valence electrons. The number of halogens is 3. The molecule has 0 atom stereocenters. The summed E-state index contributed by atoms with van der Waals surface area (Å²) in [6, 6.07) is 3.34. The summed E-state index contributed by atoms with van der Waals surface area (Å²) in [6.45, 7) is 1.42. The van der Waals surface area contributed by atoms with Crippen molar-refractivity contribution in [2.45, 2.75) is 18.0 Å². The fourth-order valence-electron chi connectivity index (χ4n) is 2.53. The number of pyridine rings is 2. The van der Waals surface area contributed by atoms with E-state index in [1.807, 2.05) is 0 Å². The minimum atomic E-state index is -4.60. The first-order valence-corrected chi connectivity index (χ1v) is 9.06. The molecule has 0 fully saturated rings. The van der Waals surface area contributed by atoms with Crippen molar-refractivity contribution in [3.63, 3.8) is 0 Å². The van der Waals surface area contributed by atoms with E-state index in [2.05, 4.69) is 9.97 Å². The van der Waals surface area contributed by atoms with E-state index in [9.17, 15) is 26.8 Å². The Morgan fingerprint density at radius 3 is 2.65 bits per heavy atom. The highest BCUT2D eigenvalue weighted by atomic mass is 32.2. The van der Waals surface area contributed by atoms with E-state index in [1.165, 1.54) is 30.7 Å². The first kappa shape index (κ1) is 18.1. The number of hydrogen-bond donors (Lipinski definition) is 0. The van der Waals surface area contributed by atoms with Crippen LogP contribution in [0, 0.1) is 5.21 Å². The number of fused-ring (bicyclic) bond motifs is 1. The zero-order chi connectivity index (χ0) is 19.3. The van der Waals surface area contributed by atoms with Gasteiger partial charge in [0.05, 0.1) is 11.3 Å². The fraction of sp³-hybridized carbons (Fsp3) is 0.267. The molecule has 3 aromatic rings. The van der Waals surface area contributed by atoms with Crippen LogP contribution in [0.1, 0.15) is 12.5 Å². The van der Waals surface area contributed by atoms with E-state index in [0.29, 0.717) is 10.9 Å². The van der Waals surface area contributed by atoms with Crippen LogP contribution in [0.5, 0.6) is 0 Å². The predicted molar refractivity (Wildman–Crippen MR) is 85.6 cm³/mol. The maximum Gasteiger partial charge on any atom is 0.417 e. The summed E-state index contributed by atoms with van der Waals surface area (Å²) in [5.74, 6) is -0.334. The quantitative estimate of drug-likeness (QED) is 0.508. The lowest BCUT2D eigenvalue weighted by atomic mass is 10.2. The standard InChI is InChI=1S/C15H13F3N4O3S/c1-3-26(24,25)11-5-4-6-22(23)12(11)14-20-10-7-9(15(16,17)18)8-19-13(10)21(14)2/h4-8H,3H2,1-2H3. The monoisotopic (exact) mass is 386 g/mol. The van der Waals surface area contributed by atoms with Gasteiger partial charge in [-0.15, -0.1) is 0 Å². The summed E-state index contributed by atoms with van der Waals surface area (Å²) >= 11 is 0. The van der Waals surface area contributed by atoms with Crippen LogP contribution in [-0.4, -0.2) is 28.7 Å². The third-order valence-corrected chi connectivity index (χ3v) is 5.65. The smallest absolute Gasteiger partial charge is 0.417 e. The maximum absolute atomic E-state index is 12.9. The summed E-state index contributed by atoms with van der Waals surface area (Å²) in [4.78, 5) is 7.55. The van der Waals surface area contributed by atoms with E-state index in [-0.39, 0.29) is 33.3 Å². The highest BCUT2D eigenvalue weighted by Gasteiger charge is 2.33. The van der Waals surface area contributed by atoms with Gasteiger partial charge < -0.3 is 9.77 Å². The minimum Gasteiger partial charge on any atom is -0.618 e. The predicted octanol–water partition coefficient (Wildman–Crippen LogP) is 2.08. The van der Waals surface area contributed by atoms with Gasteiger partial charge in [0, 0.05) is 19.3 Å². The lowest BCUT2D eigenvalue weighted by Gasteiger charge is -2.09. The van der Waals surface area contributed by atoms with Gasteiger partial charge in [0.2, 0.25) is 5.82 Å². The van der Waals surface area contributed by atoms with Crippen LogP contribution < -0.4 is 4.73 Å². The molecule has 0 amide bonds. The highest BCUT2D eigenvalue weighted by molar-refractivity contribution is 7.91. The second kappa shape index (κ2) is 5.94. The number of aryl methyl sites for hydroxylation is 1. The highest BCUT2D eigenvalue weighted by Crippen LogP contribution is 2.32. The van der Waals surface area contributed by atoms with E-state index < -0.39 is 21.6 Å². The van der Waals surface area contributed by atoms with E-state index in [1.54, 1.807) is 0 Å². The molecule has 26 heavy (non-hydrogen) atoms. The third kappa shape index (κ3) is 2.87. The molecule has 0 aliphatic carbocycles. The molecule has 3 heterocycles. The Kier molecular flexibility index (Phi) is 4.14. The van der Waals surface area contributed by atoms with Crippen molar-refractivity contribution < 1.29 is 26.3 Å². The van der Waals surface area contributed by atoms with Crippen molar-refractivity contribution in [1.82, 2.24) is 14.5 Å². The second-order valence-electron chi connectivity index (χ2n) is 5.51.